The number of aliphatic carboxylic acids is 1. The maximum Gasteiger partial charge on any atom is 0.326 e. The number of hydrogen-bond donors (Lipinski definition) is 5. The fraction of sp³-hybridized carbons (Fsp3) is 0.395. The maximum absolute atomic E-state index is 13.4. The molecule has 3 atom stereocenters. The largest absolute Gasteiger partial charge is 0.480 e. The predicted molar refractivity (Wildman–Crippen MR) is 201 cm³/mol. The number of benzene rings is 3. The number of rotatable bonds is 16. The molecule has 0 radical (unpaired) electrons. The molecule has 1 aliphatic heterocycles. The summed E-state index contributed by atoms with van der Waals surface area (Å²) in [7, 11) is -2.43. The molecule has 0 saturated carbocycles. The number of urea groups is 1. The second kappa shape index (κ2) is 18.5. The number of anilines is 2. The van der Waals surface area contributed by atoms with Crippen molar-refractivity contribution < 1.29 is 37.5 Å². The molecule has 0 unspecified atom stereocenters. The molecule has 1 saturated heterocycles. The van der Waals surface area contributed by atoms with Gasteiger partial charge in [-0.25, -0.2) is 18.0 Å². The number of likely N-dealkylation sites (N-methyl/N-ethyl adjacent to an activating group) is 1. The van der Waals surface area contributed by atoms with Gasteiger partial charge < -0.3 is 31.3 Å². The number of carboxylic acids is 1. The van der Waals surface area contributed by atoms with Crippen LogP contribution in [0.4, 0.5) is 16.2 Å². The molecule has 53 heavy (non-hydrogen) atoms. The summed E-state index contributed by atoms with van der Waals surface area (Å²) in [4.78, 5) is 65.9. The van der Waals surface area contributed by atoms with E-state index in [1.54, 1.807) is 48.5 Å². The molecule has 0 aliphatic carbocycles. The van der Waals surface area contributed by atoms with Gasteiger partial charge in [0.05, 0.1) is 11.3 Å². The van der Waals surface area contributed by atoms with Crippen LogP contribution >= 0.6 is 0 Å². The molecule has 3 aromatic carbocycles. The van der Waals surface area contributed by atoms with E-state index < -0.39 is 52.0 Å². The summed E-state index contributed by atoms with van der Waals surface area (Å²) in [6.45, 7) is 5.74. The average molecular weight is 749 g/mol. The number of hydrogen-bond acceptors (Lipinski definition) is 7. The second-order valence-electron chi connectivity index (χ2n) is 13.5. The highest BCUT2D eigenvalue weighted by molar-refractivity contribution is 7.89. The van der Waals surface area contributed by atoms with Crippen molar-refractivity contribution in [2.24, 2.45) is 5.92 Å². The van der Waals surface area contributed by atoms with Gasteiger partial charge in [-0.05, 0) is 80.0 Å². The fourth-order valence-electron chi connectivity index (χ4n) is 6.06. The van der Waals surface area contributed by atoms with E-state index in [1.807, 2.05) is 39.0 Å². The molecule has 14 nitrogen and oxygen atoms in total. The molecule has 5 N–H and O–H groups in total. The number of carbonyl (C=O) groups excluding carboxylic acids is 4. The van der Waals surface area contributed by atoms with E-state index in [0.717, 1.165) is 9.87 Å². The summed E-state index contributed by atoms with van der Waals surface area (Å²) in [6.07, 6.45) is 0.863. The first-order valence-corrected chi connectivity index (χ1v) is 19.0. The minimum atomic E-state index is -3.97. The Morgan fingerprint density at radius 2 is 1.58 bits per heavy atom. The fourth-order valence-corrected chi connectivity index (χ4v) is 7.74. The van der Waals surface area contributed by atoms with Crippen LogP contribution in [0.1, 0.15) is 50.7 Å². The van der Waals surface area contributed by atoms with Crippen molar-refractivity contribution in [1.29, 1.82) is 0 Å². The molecule has 1 aliphatic rings. The number of amides is 5. The molecule has 284 valence electrons. The highest BCUT2D eigenvalue weighted by Crippen LogP contribution is 2.26. The highest BCUT2D eigenvalue weighted by atomic mass is 32.2. The lowest BCUT2D eigenvalue weighted by molar-refractivity contribution is -0.142. The molecule has 0 aromatic heterocycles. The van der Waals surface area contributed by atoms with Crippen LogP contribution in [0.25, 0.3) is 0 Å². The quantitative estimate of drug-likeness (QED) is 0.145. The minimum absolute atomic E-state index is 0.000637. The van der Waals surface area contributed by atoms with E-state index in [1.165, 1.54) is 24.1 Å². The number of aryl methyl sites for hydroxylation is 1. The number of carboxylic acid groups (broad SMARTS) is 1. The molecule has 0 bridgehead atoms. The van der Waals surface area contributed by atoms with Crippen LogP contribution in [-0.4, -0.2) is 90.7 Å². The molecule has 5 amide bonds. The topological polar surface area (TPSA) is 194 Å². The normalized spacial score (nSPS) is 15.6. The third kappa shape index (κ3) is 11.1. The standard InChI is InChI=1S/C38H48N6O8S/c1-25(2)23-33(43(4)34(45)24-27-16-18-28(19-17-27)40-38(50)42-30-14-9-8-11-26(30)3)35(46)39-21-20-31(37(48)49)41-36(47)32-15-10-22-44(32)53(51,52)29-12-6-5-7-13-29/h5-9,11-14,16-19,25,31-33H,10,15,20-24H2,1-4H3,(H,39,46)(H,41,47)(H,48,49)(H2,40,42,50)/t31-,32+,33+/m1/s1. The van der Waals surface area contributed by atoms with Crippen LogP contribution in [0.3, 0.4) is 0 Å². The van der Waals surface area contributed by atoms with Crippen LogP contribution in [-0.2, 0) is 35.6 Å². The van der Waals surface area contributed by atoms with Gasteiger partial charge in [0, 0.05) is 31.5 Å². The van der Waals surface area contributed by atoms with E-state index in [4.69, 9.17) is 0 Å². The number of sulfonamides is 1. The van der Waals surface area contributed by atoms with Crippen molar-refractivity contribution in [3.05, 3.63) is 90.0 Å². The van der Waals surface area contributed by atoms with Crippen molar-refractivity contribution in [2.75, 3.05) is 30.8 Å². The molecule has 4 rings (SSSR count). The van der Waals surface area contributed by atoms with Crippen molar-refractivity contribution >= 4 is 51.1 Å². The van der Waals surface area contributed by atoms with Gasteiger partial charge >= 0.3 is 12.0 Å². The Labute approximate surface area is 310 Å². The third-order valence-corrected chi connectivity index (χ3v) is 10.9. The van der Waals surface area contributed by atoms with Crippen LogP contribution in [0.5, 0.6) is 0 Å². The van der Waals surface area contributed by atoms with E-state index >= 15 is 0 Å². The lowest BCUT2D eigenvalue weighted by Gasteiger charge is -2.29. The summed E-state index contributed by atoms with van der Waals surface area (Å²) in [6, 6.07) is 18.2. The lowest BCUT2D eigenvalue weighted by atomic mass is 10.0. The Morgan fingerprint density at radius 1 is 0.925 bits per heavy atom. The first-order chi connectivity index (χ1) is 25.2. The van der Waals surface area contributed by atoms with Gasteiger partial charge in [-0.2, -0.15) is 4.31 Å². The molecule has 1 fully saturated rings. The van der Waals surface area contributed by atoms with Crippen molar-refractivity contribution in [3.8, 4) is 0 Å². The molecule has 1 heterocycles. The highest BCUT2D eigenvalue weighted by Gasteiger charge is 2.40. The van der Waals surface area contributed by atoms with Crippen LogP contribution in [0.15, 0.2) is 83.8 Å². The second-order valence-corrected chi connectivity index (χ2v) is 15.4. The van der Waals surface area contributed by atoms with E-state index in [9.17, 15) is 37.5 Å². The molecular formula is C38H48N6O8S. The van der Waals surface area contributed by atoms with Crippen LogP contribution in [0.2, 0.25) is 0 Å². The van der Waals surface area contributed by atoms with Crippen molar-refractivity contribution in [1.82, 2.24) is 19.8 Å². The van der Waals surface area contributed by atoms with Gasteiger partial charge in [0.15, 0.2) is 0 Å². The van der Waals surface area contributed by atoms with Gasteiger partial charge in [-0.3, -0.25) is 14.4 Å². The minimum Gasteiger partial charge on any atom is -0.480 e. The van der Waals surface area contributed by atoms with Gasteiger partial charge in [-0.15, -0.1) is 0 Å². The van der Waals surface area contributed by atoms with Crippen molar-refractivity contribution in [2.45, 2.75) is 75.9 Å². The summed E-state index contributed by atoms with van der Waals surface area (Å²) in [5.41, 5.74) is 2.82. The first kappa shape index (κ1) is 40.5. The smallest absolute Gasteiger partial charge is 0.326 e. The Kier molecular flexibility index (Phi) is 14.1. The Hall–Kier alpha value is -5.28. The number of para-hydroxylation sites is 1. The first-order valence-electron chi connectivity index (χ1n) is 17.5. The Morgan fingerprint density at radius 3 is 2.23 bits per heavy atom. The molecular weight excluding hydrogens is 701 g/mol. The zero-order valence-electron chi connectivity index (χ0n) is 30.4. The lowest BCUT2D eigenvalue weighted by Crippen LogP contribution is -2.52. The predicted octanol–water partition coefficient (Wildman–Crippen LogP) is 3.98. The number of nitrogens with zero attached hydrogens (tertiary/aromatic N) is 2. The van der Waals surface area contributed by atoms with Crippen LogP contribution < -0.4 is 21.3 Å². The van der Waals surface area contributed by atoms with Gasteiger partial charge in [0.25, 0.3) is 0 Å². The zero-order valence-corrected chi connectivity index (χ0v) is 31.2. The van der Waals surface area contributed by atoms with Crippen molar-refractivity contribution in [3.63, 3.8) is 0 Å². The molecule has 0 spiro atoms. The summed E-state index contributed by atoms with van der Waals surface area (Å²) < 4.78 is 27.5. The monoisotopic (exact) mass is 748 g/mol. The summed E-state index contributed by atoms with van der Waals surface area (Å²) in [5.74, 6) is -2.80. The zero-order chi connectivity index (χ0) is 38.7. The van der Waals surface area contributed by atoms with Crippen LogP contribution in [0, 0.1) is 12.8 Å². The number of nitrogens with one attached hydrogen (secondary N) is 4. The molecule has 3 aromatic rings. The Balaban J connectivity index is 1.30. The average Bonchev–Trinajstić information content (AvgIpc) is 3.63. The summed E-state index contributed by atoms with van der Waals surface area (Å²) >= 11 is 0. The van der Waals surface area contributed by atoms with E-state index in [2.05, 4.69) is 21.3 Å². The van der Waals surface area contributed by atoms with Gasteiger partial charge in [-0.1, -0.05) is 62.4 Å². The summed E-state index contributed by atoms with van der Waals surface area (Å²) in [5, 5.41) is 20.6. The van der Waals surface area contributed by atoms with Gasteiger partial charge in [0.1, 0.15) is 18.1 Å². The Bertz CT molecular complexity index is 1870. The van der Waals surface area contributed by atoms with E-state index in [0.29, 0.717) is 29.8 Å². The third-order valence-electron chi connectivity index (χ3n) is 9.02. The molecule has 15 heteroatoms. The maximum atomic E-state index is 13.4. The van der Waals surface area contributed by atoms with E-state index in [-0.39, 0.29) is 49.1 Å². The number of carbonyl (C=O) groups is 5. The SMILES string of the molecule is Cc1ccccc1NC(=O)Nc1ccc(CC(=O)N(C)[C@@H](CC(C)C)C(=O)NCC[C@@H](NC(=O)[C@@H]2CCCN2S(=O)(=O)c2ccccc2)C(=O)O)cc1. The van der Waals surface area contributed by atoms with Gasteiger partial charge in [0.2, 0.25) is 27.7 Å².